The minimum atomic E-state index is -1.16. The van der Waals surface area contributed by atoms with Crippen molar-refractivity contribution in [3.8, 4) is 0 Å². The molecule has 0 bridgehead atoms. The van der Waals surface area contributed by atoms with E-state index in [0.717, 1.165) is 5.56 Å². The highest BCUT2D eigenvalue weighted by Crippen LogP contribution is 2.20. The second-order valence-corrected chi connectivity index (χ2v) is 14.2. The molecule has 2 aliphatic rings. The van der Waals surface area contributed by atoms with Crippen LogP contribution in [0, 0.1) is 5.92 Å². The molecule has 2 fully saturated rings. The summed E-state index contributed by atoms with van der Waals surface area (Å²) in [6.07, 6.45) is 2.72. The van der Waals surface area contributed by atoms with Crippen LogP contribution in [0.3, 0.4) is 0 Å². The fraction of sp³-hybridized carbons (Fsp3) is 0.472. The Kier molecular flexibility index (Phi) is 12.5. The Morgan fingerprint density at radius 1 is 0.962 bits per heavy atom. The summed E-state index contributed by atoms with van der Waals surface area (Å²) in [6, 6.07) is 6.87. The van der Waals surface area contributed by atoms with Crippen molar-refractivity contribution < 1.29 is 33.9 Å². The van der Waals surface area contributed by atoms with E-state index in [9.17, 15) is 33.9 Å². The first kappa shape index (κ1) is 38.2. The molecule has 2 aliphatic heterocycles. The highest BCUT2D eigenvalue weighted by molar-refractivity contribution is 6.30. The molecule has 5 rings (SSSR count). The number of aliphatic hydroxyl groups is 1. The largest absolute Gasteiger partial charge is 0.391 e. The van der Waals surface area contributed by atoms with E-state index in [1.807, 2.05) is 19.9 Å². The van der Waals surface area contributed by atoms with Gasteiger partial charge in [-0.05, 0) is 49.8 Å². The number of amides is 6. The van der Waals surface area contributed by atoms with Gasteiger partial charge in [-0.3, -0.25) is 28.8 Å². The molecule has 0 unspecified atom stereocenters. The summed E-state index contributed by atoms with van der Waals surface area (Å²) in [5.41, 5.74) is 1.23. The number of pyridine rings is 1. The number of halogens is 1. The highest BCUT2D eigenvalue weighted by atomic mass is 35.5. The van der Waals surface area contributed by atoms with E-state index in [0.29, 0.717) is 10.7 Å². The van der Waals surface area contributed by atoms with Gasteiger partial charge in [-0.25, -0.2) is 4.98 Å². The Morgan fingerprint density at radius 2 is 1.67 bits per heavy atom. The Balaban J connectivity index is 1.45. The average Bonchev–Trinajstić information content (AvgIpc) is 3.71. The quantitative estimate of drug-likeness (QED) is 0.212. The maximum atomic E-state index is 14.0. The maximum Gasteiger partial charge on any atom is 0.272 e. The number of hydrogen-bond acceptors (Lipinski definition) is 8. The lowest BCUT2D eigenvalue weighted by atomic mass is 10.00. The zero-order chi connectivity index (χ0) is 37.5. The molecule has 0 spiro atoms. The third kappa shape index (κ3) is 9.64. The number of aliphatic hydroxyl groups excluding tert-OH is 1. The molecule has 0 aliphatic carbocycles. The summed E-state index contributed by atoms with van der Waals surface area (Å²) in [5.74, 6) is -3.63. The number of aromatic nitrogens is 2. The standard InChI is InChI=1S/C36H45ClN8O7/c1-20(2)14-26-32(48)39-21(3)36(52)45-18-24(46)16-29(45)35(51)38-13-7-10-25(41-34(50)28-19-44-17-23(37)11-12-30(44)40-28)31(47)43-27(33(49)42-26)15-22-8-5-4-6-9-22/h4-6,8-9,11-12,17,19-21,24-27,29,46H,7,10,13-16,18H2,1-3H3,(H,38,51)(H,39,48)(H,41,50)(H,42,49)(H,43,47)/t21-,24+,25-,26-,27+,29-/m0/s1. The van der Waals surface area contributed by atoms with Crippen molar-refractivity contribution in [2.75, 3.05) is 13.1 Å². The molecule has 6 atom stereocenters. The first-order valence-corrected chi connectivity index (χ1v) is 17.8. The second kappa shape index (κ2) is 17.0. The van der Waals surface area contributed by atoms with E-state index in [-0.39, 0.29) is 56.8 Å². The van der Waals surface area contributed by atoms with E-state index in [1.54, 1.807) is 47.0 Å². The van der Waals surface area contributed by atoms with Crippen molar-refractivity contribution in [1.82, 2.24) is 40.9 Å². The van der Waals surface area contributed by atoms with E-state index >= 15 is 0 Å². The minimum Gasteiger partial charge on any atom is -0.391 e. The van der Waals surface area contributed by atoms with Gasteiger partial charge in [0, 0.05) is 38.3 Å². The van der Waals surface area contributed by atoms with Gasteiger partial charge >= 0.3 is 0 Å². The lowest BCUT2D eigenvalue weighted by molar-refractivity contribution is -0.141. The van der Waals surface area contributed by atoms with Gasteiger partial charge in [0.15, 0.2) is 0 Å². The molecule has 0 radical (unpaired) electrons. The number of benzene rings is 1. The van der Waals surface area contributed by atoms with E-state index in [1.165, 1.54) is 18.0 Å². The van der Waals surface area contributed by atoms with Crippen molar-refractivity contribution in [3.63, 3.8) is 0 Å². The summed E-state index contributed by atoms with van der Waals surface area (Å²) < 4.78 is 1.58. The molecule has 278 valence electrons. The molecule has 52 heavy (non-hydrogen) atoms. The predicted molar refractivity (Wildman–Crippen MR) is 191 cm³/mol. The molecule has 3 aromatic rings. The van der Waals surface area contributed by atoms with Crippen LogP contribution in [0.1, 0.15) is 62.5 Å². The lowest BCUT2D eigenvalue weighted by Crippen LogP contribution is -2.59. The van der Waals surface area contributed by atoms with Crippen LogP contribution in [0.25, 0.3) is 5.65 Å². The fourth-order valence-corrected chi connectivity index (χ4v) is 6.62. The normalized spacial score (nSPS) is 25.4. The number of carbonyl (C=O) groups excluding carboxylic acids is 6. The summed E-state index contributed by atoms with van der Waals surface area (Å²) in [6.45, 7) is 5.23. The second-order valence-electron chi connectivity index (χ2n) is 13.8. The monoisotopic (exact) mass is 736 g/mol. The van der Waals surface area contributed by atoms with Crippen molar-refractivity contribution in [2.24, 2.45) is 5.92 Å². The molecule has 2 aromatic heterocycles. The van der Waals surface area contributed by atoms with Crippen molar-refractivity contribution in [2.45, 2.75) is 89.2 Å². The molecule has 6 N–H and O–H groups in total. The van der Waals surface area contributed by atoms with Gasteiger partial charge in [0.05, 0.1) is 11.1 Å². The first-order chi connectivity index (χ1) is 24.8. The Bertz CT molecular complexity index is 1800. The van der Waals surface area contributed by atoms with Crippen LogP contribution < -0.4 is 26.6 Å². The zero-order valence-electron chi connectivity index (χ0n) is 29.3. The number of nitrogens with one attached hydrogen (secondary N) is 5. The smallest absolute Gasteiger partial charge is 0.272 e. The molecular weight excluding hydrogens is 692 g/mol. The Hall–Kier alpha value is -5.02. The molecule has 0 saturated carbocycles. The molecular formula is C36H45ClN8O7. The van der Waals surface area contributed by atoms with E-state index in [4.69, 9.17) is 11.6 Å². The van der Waals surface area contributed by atoms with Crippen LogP contribution in [0.5, 0.6) is 0 Å². The predicted octanol–water partition coefficient (Wildman–Crippen LogP) is 0.721. The van der Waals surface area contributed by atoms with Gasteiger partial charge in [-0.1, -0.05) is 55.8 Å². The van der Waals surface area contributed by atoms with Crippen LogP contribution in [-0.4, -0.2) is 104 Å². The summed E-state index contributed by atoms with van der Waals surface area (Å²) >= 11 is 6.09. The first-order valence-electron chi connectivity index (χ1n) is 17.5. The molecule has 6 amide bonds. The van der Waals surface area contributed by atoms with Crippen LogP contribution in [0.15, 0.2) is 54.9 Å². The Labute approximate surface area is 306 Å². The SMILES string of the molecule is CC(C)C[C@@H]1NC(=O)[C@@H](Cc2ccccc2)NC(=O)[C@@H](NC(=O)c2cn3cc(Cl)ccc3n2)CCCNC(=O)[C@@H]2C[C@@H](O)CN2C(=O)[C@H](C)NC1=O. The molecule has 1 aromatic carbocycles. The van der Waals surface area contributed by atoms with E-state index < -0.39 is 71.8 Å². The van der Waals surface area contributed by atoms with Crippen LogP contribution in [0.4, 0.5) is 0 Å². The Morgan fingerprint density at radius 3 is 2.40 bits per heavy atom. The number of imidazole rings is 1. The van der Waals surface area contributed by atoms with Gasteiger partial charge < -0.3 is 41.0 Å². The number of fused-ring (bicyclic) bond motifs is 2. The van der Waals surface area contributed by atoms with Gasteiger partial charge in [-0.15, -0.1) is 0 Å². The number of nitrogens with zero attached hydrogens (tertiary/aromatic N) is 3. The van der Waals surface area contributed by atoms with E-state index in [2.05, 4.69) is 31.6 Å². The third-order valence-electron chi connectivity index (χ3n) is 9.09. The van der Waals surface area contributed by atoms with Crippen molar-refractivity contribution >= 4 is 52.7 Å². The molecule has 16 heteroatoms. The van der Waals surface area contributed by atoms with Gasteiger partial charge in [0.1, 0.15) is 41.6 Å². The third-order valence-corrected chi connectivity index (χ3v) is 9.31. The number of carbonyl (C=O) groups is 6. The van der Waals surface area contributed by atoms with Gasteiger partial charge in [0.2, 0.25) is 29.5 Å². The fourth-order valence-electron chi connectivity index (χ4n) is 6.45. The van der Waals surface area contributed by atoms with Crippen LogP contribution in [0.2, 0.25) is 5.02 Å². The van der Waals surface area contributed by atoms with Crippen LogP contribution in [-0.2, 0) is 30.4 Å². The van der Waals surface area contributed by atoms with Gasteiger partial charge in [0.25, 0.3) is 5.91 Å². The average molecular weight is 737 g/mol. The zero-order valence-corrected chi connectivity index (χ0v) is 30.1. The van der Waals surface area contributed by atoms with Crippen LogP contribution >= 0.6 is 11.6 Å². The highest BCUT2D eigenvalue weighted by Gasteiger charge is 2.41. The van der Waals surface area contributed by atoms with Crippen molar-refractivity contribution in [1.29, 1.82) is 0 Å². The summed E-state index contributed by atoms with van der Waals surface area (Å²) in [4.78, 5) is 87.4. The number of rotatable bonds is 6. The maximum absolute atomic E-state index is 14.0. The number of hydrogen-bond donors (Lipinski definition) is 6. The molecule has 15 nitrogen and oxygen atoms in total. The molecule has 4 heterocycles. The lowest BCUT2D eigenvalue weighted by Gasteiger charge is -2.29. The van der Waals surface area contributed by atoms with Crippen molar-refractivity contribution in [3.05, 3.63) is 71.1 Å². The minimum absolute atomic E-state index is 0.0123. The topological polar surface area (TPSA) is 203 Å². The summed E-state index contributed by atoms with van der Waals surface area (Å²) in [5, 5.41) is 24.6. The van der Waals surface area contributed by atoms with Gasteiger partial charge in [-0.2, -0.15) is 0 Å². The molecule has 2 saturated heterocycles. The summed E-state index contributed by atoms with van der Waals surface area (Å²) in [7, 11) is 0.